The topological polar surface area (TPSA) is 134 Å². The van der Waals surface area contributed by atoms with Gasteiger partial charge in [-0.1, -0.05) is 102 Å². The predicted octanol–water partition coefficient (Wildman–Crippen LogP) is 5.38. The number of halogens is 1. The molecule has 2 heterocycles. The van der Waals surface area contributed by atoms with E-state index in [9.17, 15) is 24.0 Å². The second-order valence-electron chi connectivity index (χ2n) is 15.4. The number of nitrogens with one attached hydrogen (secondary N) is 2. The van der Waals surface area contributed by atoms with Crippen molar-refractivity contribution in [2.24, 2.45) is 28.3 Å². The van der Waals surface area contributed by atoms with Crippen LogP contribution in [-0.4, -0.2) is 70.2 Å². The number of rotatable bonds is 12. The van der Waals surface area contributed by atoms with Crippen LogP contribution in [0.15, 0.2) is 29.4 Å². The zero-order valence-corrected chi connectivity index (χ0v) is 29.7. The number of oxime groups is 1. The van der Waals surface area contributed by atoms with Crippen molar-refractivity contribution < 1.29 is 28.8 Å². The molecule has 262 valence electrons. The van der Waals surface area contributed by atoms with Crippen LogP contribution in [0.3, 0.4) is 0 Å². The van der Waals surface area contributed by atoms with Crippen molar-refractivity contribution in [3.05, 3.63) is 34.9 Å². The molecule has 0 aromatic heterocycles. The number of nitrogens with zero attached hydrogens (tertiary/aromatic N) is 2. The van der Waals surface area contributed by atoms with Gasteiger partial charge < -0.3 is 20.4 Å². The van der Waals surface area contributed by atoms with Crippen LogP contribution in [0.1, 0.15) is 111 Å². The minimum atomic E-state index is -1.01. The summed E-state index contributed by atoms with van der Waals surface area (Å²) >= 11 is 6.25. The van der Waals surface area contributed by atoms with Gasteiger partial charge >= 0.3 is 0 Å². The van der Waals surface area contributed by atoms with Crippen molar-refractivity contribution in [1.29, 1.82) is 0 Å². The van der Waals surface area contributed by atoms with Crippen LogP contribution < -0.4 is 10.6 Å². The van der Waals surface area contributed by atoms with Gasteiger partial charge in [-0.05, 0) is 42.2 Å². The molecule has 1 saturated heterocycles. The van der Waals surface area contributed by atoms with E-state index in [4.69, 9.17) is 16.4 Å². The first-order valence-corrected chi connectivity index (χ1v) is 18.1. The molecule has 1 aromatic carbocycles. The molecule has 2 aliphatic heterocycles. The van der Waals surface area contributed by atoms with Gasteiger partial charge in [0.1, 0.15) is 12.1 Å². The maximum atomic E-state index is 14.6. The van der Waals surface area contributed by atoms with Gasteiger partial charge in [-0.2, -0.15) is 0 Å². The van der Waals surface area contributed by atoms with E-state index in [0.29, 0.717) is 41.8 Å². The molecule has 2 N–H and O–H groups in total. The van der Waals surface area contributed by atoms with Crippen molar-refractivity contribution in [2.45, 2.75) is 129 Å². The summed E-state index contributed by atoms with van der Waals surface area (Å²) in [4.78, 5) is 75.1. The van der Waals surface area contributed by atoms with Crippen LogP contribution in [-0.2, 0) is 28.8 Å². The van der Waals surface area contributed by atoms with Crippen LogP contribution in [0, 0.1) is 23.2 Å². The van der Waals surface area contributed by atoms with Gasteiger partial charge in [0.05, 0.1) is 18.3 Å². The van der Waals surface area contributed by atoms with Crippen LogP contribution in [0.2, 0.25) is 5.02 Å². The minimum absolute atomic E-state index is 0.0408. The number of carbonyl (C=O) groups is 5. The summed E-state index contributed by atoms with van der Waals surface area (Å²) in [5.41, 5.74) is -0.213. The van der Waals surface area contributed by atoms with E-state index in [1.165, 1.54) is 24.2 Å². The Bertz CT molecular complexity index is 1450. The van der Waals surface area contributed by atoms with Gasteiger partial charge in [0.2, 0.25) is 23.5 Å². The molecule has 6 atom stereocenters. The molecule has 0 radical (unpaired) electrons. The van der Waals surface area contributed by atoms with E-state index in [1.807, 2.05) is 39.8 Å². The second-order valence-corrected chi connectivity index (χ2v) is 15.8. The lowest BCUT2D eigenvalue weighted by Crippen LogP contribution is -2.59. The first kappa shape index (κ1) is 36.0. The molecule has 2 saturated carbocycles. The molecule has 3 amide bonds. The number of hydrogen-bond acceptors (Lipinski definition) is 7. The highest BCUT2D eigenvalue weighted by Crippen LogP contribution is 2.49. The maximum absolute atomic E-state index is 14.6. The molecular formula is C37H51ClN4O6. The van der Waals surface area contributed by atoms with Crippen molar-refractivity contribution >= 4 is 46.6 Å². The Labute approximate surface area is 289 Å². The molecule has 1 aromatic rings. The third-order valence-electron chi connectivity index (χ3n) is 10.6. The fraction of sp³-hybridized carbons (Fsp3) is 0.676. The van der Waals surface area contributed by atoms with Crippen LogP contribution >= 0.6 is 11.6 Å². The summed E-state index contributed by atoms with van der Waals surface area (Å²) in [6.45, 7) is 9.26. The van der Waals surface area contributed by atoms with Crippen molar-refractivity contribution in [3.8, 4) is 0 Å². The van der Waals surface area contributed by atoms with E-state index < -0.39 is 46.6 Å². The van der Waals surface area contributed by atoms with Crippen molar-refractivity contribution in [3.63, 3.8) is 0 Å². The largest absolute Gasteiger partial charge is 0.387 e. The van der Waals surface area contributed by atoms with Gasteiger partial charge in [0.25, 0.3) is 0 Å². The number of Topliss-reactive ketones (excluding diaryl/α,β-unsaturated/α-hetero) is 2. The van der Waals surface area contributed by atoms with Gasteiger partial charge in [-0.25, -0.2) is 0 Å². The highest BCUT2D eigenvalue weighted by atomic mass is 35.5. The Balaban J connectivity index is 1.38. The standard InChI is InChI=1S/C37H51ClN4O6/c1-6-12-27(31(44)30(43)7-2)39-34(46)29-20-37(19-28(41-48-37)23-15-11-16-24(38)17-23)21-42(29)35(47)32(36(3,4)5)40-33(45)26-18-25(26)22-13-9-8-10-14-22/h11,15-17,22,25-27,29,32H,6-10,12-14,18-21H2,1-5H3,(H,39,46)(H,40,45)/t25-,26?,27+,29+,32-,37-/m1/s1. The highest BCUT2D eigenvalue weighted by molar-refractivity contribution is 6.39. The van der Waals surface area contributed by atoms with Gasteiger partial charge in [-0.15, -0.1) is 0 Å². The van der Waals surface area contributed by atoms with Crippen molar-refractivity contribution in [1.82, 2.24) is 15.5 Å². The smallest absolute Gasteiger partial charge is 0.246 e. The highest BCUT2D eigenvalue weighted by Gasteiger charge is 2.56. The predicted molar refractivity (Wildman–Crippen MR) is 183 cm³/mol. The molecule has 5 rings (SSSR count). The minimum Gasteiger partial charge on any atom is -0.387 e. The van der Waals surface area contributed by atoms with Crippen LogP contribution in [0.5, 0.6) is 0 Å². The number of benzene rings is 1. The second kappa shape index (κ2) is 14.7. The van der Waals surface area contributed by atoms with E-state index in [-0.39, 0.29) is 37.1 Å². The van der Waals surface area contributed by atoms with E-state index in [1.54, 1.807) is 19.1 Å². The zero-order chi connectivity index (χ0) is 34.8. The SMILES string of the molecule is CCC[C@H](NC(=O)[C@@H]1C[C@]2(CC(c3cccc(Cl)c3)=NO2)CN1C(=O)[C@@H](NC(=O)C1C[C@@H]1C1CCCCC1)C(C)(C)C)C(=O)C(=O)CC. The Morgan fingerprint density at radius 1 is 1.06 bits per heavy atom. The fourth-order valence-corrected chi connectivity index (χ4v) is 8.00. The van der Waals surface area contributed by atoms with Gasteiger partial charge in [-0.3, -0.25) is 24.0 Å². The molecule has 1 unspecified atom stereocenters. The number of likely N-dealkylation sites (tertiary alicyclic amines) is 1. The first-order chi connectivity index (χ1) is 22.8. The quantitative estimate of drug-likeness (QED) is 0.284. The molecule has 11 heteroatoms. The summed E-state index contributed by atoms with van der Waals surface area (Å²) in [6, 6.07) is 4.37. The molecule has 2 aliphatic carbocycles. The third kappa shape index (κ3) is 7.95. The summed E-state index contributed by atoms with van der Waals surface area (Å²) in [5, 5.41) is 10.8. The third-order valence-corrected chi connectivity index (χ3v) is 10.9. The molecule has 48 heavy (non-hydrogen) atoms. The average molecular weight is 683 g/mol. The Kier molecular flexibility index (Phi) is 11.0. The number of hydrogen-bond donors (Lipinski definition) is 2. The normalized spacial score (nSPS) is 26.8. The van der Waals surface area contributed by atoms with E-state index in [2.05, 4.69) is 15.8 Å². The van der Waals surface area contributed by atoms with Crippen molar-refractivity contribution in [2.75, 3.05) is 6.54 Å². The summed E-state index contributed by atoms with van der Waals surface area (Å²) < 4.78 is 0. The number of ketones is 2. The molecule has 3 fully saturated rings. The molecule has 10 nitrogen and oxygen atoms in total. The van der Waals surface area contributed by atoms with E-state index in [0.717, 1.165) is 24.8 Å². The molecule has 0 bridgehead atoms. The van der Waals surface area contributed by atoms with E-state index >= 15 is 0 Å². The summed E-state index contributed by atoms with van der Waals surface area (Å²) in [6.07, 6.45) is 8.22. The number of carbonyl (C=O) groups excluding carboxylic acids is 5. The molecule has 1 spiro atoms. The molecule has 4 aliphatic rings. The summed E-state index contributed by atoms with van der Waals surface area (Å²) in [5.74, 6) is -1.38. The summed E-state index contributed by atoms with van der Waals surface area (Å²) in [7, 11) is 0. The Morgan fingerprint density at radius 3 is 2.44 bits per heavy atom. The lowest BCUT2D eigenvalue weighted by atomic mass is 9.84. The van der Waals surface area contributed by atoms with Gasteiger partial charge in [0, 0.05) is 35.8 Å². The van der Waals surface area contributed by atoms with Crippen LogP contribution in [0.4, 0.5) is 0 Å². The average Bonchev–Trinajstić information content (AvgIpc) is 3.63. The monoisotopic (exact) mass is 682 g/mol. The first-order valence-electron chi connectivity index (χ1n) is 17.8. The fourth-order valence-electron chi connectivity index (χ4n) is 7.81. The maximum Gasteiger partial charge on any atom is 0.246 e. The lowest BCUT2D eigenvalue weighted by Gasteiger charge is -2.36. The lowest BCUT2D eigenvalue weighted by molar-refractivity contribution is -0.145. The Morgan fingerprint density at radius 2 is 1.79 bits per heavy atom. The van der Waals surface area contributed by atoms with Gasteiger partial charge in [0.15, 0.2) is 11.4 Å². The zero-order valence-electron chi connectivity index (χ0n) is 29.0. The number of amides is 3. The Hall–Kier alpha value is -3.27. The molecular weight excluding hydrogens is 632 g/mol. The van der Waals surface area contributed by atoms with Crippen LogP contribution in [0.25, 0.3) is 0 Å².